The van der Waals surface area contributed by atoms with E-state index in [0.717, 1.165) is 16.1 Å². The van der Waals surface area contributed by atoms with Gasteiger partial charge in [-0.15, -0.1) is 0 Å². The van der Waals surface area contributed by atoms with Crippen molar-refractivity contribution in [1.29, 1.82) is 0 Å². The van der Waals surface area contributed by atoms with Crippen molar-refractivity contribution in [2.24, 2.45) is 0 Å². The summed E-state index contributed by atoms with van der Waals surface area (Å²) in [6, 6.07) is 6.74. The Kier molecular flexibility index (Phi) is 6.54. The van der Waals surface area contributed by atoms with E-state index < -0.39 is 28.2 Å². The molecule has 1 fully saturated rings. The zero-order valence-corrected chi connectivity index (χ0v) is 17.7. The van der Waals surface area contributed by atoms with Crippen LogP contribution in [0, 0.1) is 12.7 Å². The van der Waals surface area contributed by atoms with E-state index in [2.05, 4.69) is 15.6 Å². The Morgan fingerprint density at radius 2 is 1.97 bits per heavy atom. The van der Waals surface area contributed by atoms with E-state index in [4.69, 9.17) is 4.74 Å². The third-order valence-electron chi connectivity index (χ3n) is 4.50. The number of hydrogen-bond donors (Lipinski definition) is 2. The number of carbonyl (C=O) groups excluding carboxylic acids is 1. The third kappa shape index (κ3) is 5.43. The number of pyridine rings is 1. The summed E-state index contributed by atoms with van der Waals surface area (Å²) in [6.07, 6.45) is 1.58. The number of nitrogens with zero attached hydrogens (tertiary/aromatic N) is 3. The molecule has 0 bridgehead atoms. The summed E-state index contributed by atoms with van der Waals surface area (Å²) in [4.78, 5) is 16.2. The first kappa shape index (κ1) is 21.9. The van der Waals surface area contributed by atoms with E-state index in [9.17, 15) is 17.6 Å². The van der Waals surface area contributed by atoms with Crippen molar-refractivity contribution in [3.8, 4) is 5.75 Å². The Hall–Kier alpha value is -2.76. The number of ether oxygens (including phenoxy) is 1. The van der Waals surface area contributed by atoms with Gasteiger partial charge in [-0.05, 0) is 31.5 Å². The smallest absolute Gasteiger partial charge is 0.323 e. The van der Waals surface area contributed by atoms with Crippen LogP contribution in [0.4, 0.5) is 20.6 Å². The molecule has 1 aliphatic rings. The topological polar surface area (TPSA) is 104 Å². The highest BCUT2D eigenvalue weighted by Gasteiger charge is 2.33. The molecule has 1 aliphatic heterocycles. The van der Waals surface area contributed by atoms with Gasteiger partial charge < -0.3 is 15.4 Å². The third-order valence-corrected chi connectivity index (χ3v) is 6.40. The van der Waals surface area contributed by atoms with Crippen molar-refractivity contribution < 1.29 is 22.3 Å². The number of anilines is 2. The maximum Gasteiger partial charge on any atom is 0.323 e. The van der Waals surface area contributed by atoms with E-state index in [1.165, 1.54) is 36.7 Å². The molecule has 3 rings (SSSR count). The number of aromatic nitrogens is 1. The van der Waals surface area contributed by atoms with Gasteiger partial charge in [0, 0.05) is 44.2 Å². The molecule has 2 aromatic rings. The Balaban J connectivity index is 1.63. The van der Waals surface area contributed by atoms with Gasteiger partial charge in [-0.25, -0.2) is 9.18 Å². The summed E-state index contributed by atoms with van der Waals surface area (Å²) in [7, 11) is -0.596. The first-order chi connectivity index (χ1) is 14.1. The molecule has 1 aromatic heterocycles. The van der Waals surface area contributed by atoms with Crippen molar-refractivity contribution >= 4 is 27.6 Å². The van der Waals surface area contributed by atoms with Gasteiger partial charge in [-0.1, -0.05) is 0 Å². The fourth-order valence-corrected chi connectivity index (χ4v) is 4.12. The van der Waals surface area contributed by atoms with Gasteiger partial charge in [-0.2, -0.15) is 17.0 Å². The zero-order chi connectivity index (χ0) is 21.9. The monoisotopic (exact) mass is 437 g/mol. The van der Waals surface area contributed by atoms with E-state index >= 15 is 0 Å². The SMILES string of the molecule is Cc1ccc(NC(=O)Nc2cc(F)cc(O[C@H]3CCN(S(=O)(=O)N(C)C)C3)c2)cn1. The Morgan fingerprint density at radius 3 is 2.63 bits per heavy atom. The molecule has 11 heteroatoms. The van der Waals surface area contributed by atoms with Crippen LogP contribution in [-0.2, 0) is 10.2 Å². The molecule has 1 saturated heterocycles. The molecule has 0 aliphatic carbocycles. The van der Waals surface area contributed by atoms with Crippen LogP contribution >= 0.6 is 0 Å². The van der Waals surface area contributed by atoms with Crippen molar-refractivity contribution in [3.05, 3.63) is 48.0 Å². The molecule has 162 valence electrons. The van der Waals surface area contributed by atoms with Crippen molar-refractivity contribution in [1.82, 2.24) is 13.6 Å². The van der Waals surface area contributed by atoms with E-state index in [-0.39, 0.29) is 18.0 Å². The normalized spacial score (nSPS) is 17.2. The van der Waals surface area contributed by atoms with E-state index in [1.807, 2.05) is 6.92 Å². The highest BCUT2D eigenvalue weighted by Crippen LogP contribution is 2.25. The molecule has 2 heterocycles. The number of nitrogens with one attached hydrogen (secondary N) is 2. The molecule has 0 radical (unpaired) electrons. The van der Waals surface area contributed by atoms with Crippen LogP contribution in [0.15, 0.2) is 36.5 Å². The Bertz CT molecular complexity index is 1010. The first-order valence-electron chi connectivity index (χ1n) is 9.29. The molecule has 0 spiro atoms. The average Bonchev–Trinajstić information content (AvgIpc) is 3.12. The summed E-state index contributed by atoms with van der Waals surface area (Å²) < 4.78 is 46.7. The van der Waals surface area contributed by atoms with Crippen LogP contribution in [0.3, 0.4) is 0 Å². The number of urea groups is 1. The highest BCUT2D eigenvalue weighted by molar-refractivity contribution is 7.86. The Morgan fingerprint density at radius 1 is 1.23 bits per heavy atom. The highest BCUT2D eigenvalue weighted by atomic mass is 32.2. The molecule has 0 saturated carbocycles. The second-order valence-corrected chi connectivity index (χ2v) is 9.26. The second-order valence-electron chi connectivity index (χ2n) is 7.12. The predicted octanol–water partition coefficient (Wildman–Crippen LogP) is 2.43. The minimum absolute atomic E-state index is 0.167. The van der Waals surface area contributed by atoms with Gasteiger partial charge in [0.25, 0.3) is 10.2 Å². The predicted molar refractivity (Wildman–Crippen MR) is 111 cm³/mol. The Labute approximate surface area is 175 Å². The maximum absolute atomic E-state index is 14.0. The number of aryl methyl sites for hydroxylation is 1. The molecule has 30 heavy (non-hydrogen) atoms. The summed E-state index contributed by atoms with van der Waals surface area (Å²) >= 11 is 0. The van der Waals surface area contributed by atoms with Crippen LogP contribution in [0.25, 0.3) is 0 Å². The average molecular weight is 437 g/mol. The van der Waals surface area contributed by atoms with Gasteiger partial charge in [-0.3, -0.25) is 4.98 Å². The van der Waals surface area contributed by atoms with E-state index in [1.54, 1.807) is 12.1 Å². The maximum atomic E-state index is 14.0. The van der Waals surface area contributed by atoms with Crippen LogP contribution in [0.2, 0.25) is 0 Å². The minimum atomic E-state index is -3.52. The molecule has 1 aromatic carbocycles. The quantitative estimate of drug-likeness (QED) is 0.722. The fourth-order valence-electron chi connectivity index (χ4n) is 2.96. The van der Waals surface area contributed by atoms with Crippen LogP contribution in [0.1, 0.15) is 12.1 Å². The number of rotatable bonds is 6. The molecular formula is C19H24FN5O4S. The van der Waals surface area contributed by atoms with Crippen LogP contribution < -0.4 is 15.4 Å². The van der Waals surface area contributed by atoms with Crippen LogP contribution in [-0.4, -0.2) is 61.3 Å². The largest absolute Gasteiger partial charge is 0.489 e. The van der Waals surface area contributed by atoms with Crippen molar-refractivity contribution in [2.45, 2.75) is 19.4 Å². The lowest BCUT2D eigenvalue weighted by molar-refractivity contribution is 0.214. The zero-order valence-electron chi connectivity index (χ0n) is 16.9. The fraction of sp³-hybridized carbons (Fsp3) is 0.368. The molecular weight excluding hydrogens is 413 g/mol. The summed E-state index contributed by atoms with van der Waals surface area (Å²) in [6.45, 7) is 2.32. The first-order valence-corrected chi connectivity index (χ1v) is 10.7. The van der Waals surface area contributed by atoms with Crippen molar-refractivity contribution in [2.75, 3.05) is 37.8 Å². The molecule has 2 amide bonds. The van der Waals surface area contributed by atoms with Gasteiger partial charge in [0.1, 0.15) is 17.7 Å². The number of halogens is 1. The number of carbonyl (C=O) groups is 1. The van der Waals surface area contributed by atoms with Gasteiger partial charge >= 0.3 is 6.03 Å². The van der Waals surface area contributed by atoms with Crippen molar-refractivity contribution in [3.63, 3.8) is 0 Å². The lowest BCUT2D eigenvalue weighted by atomic mass is 10.2. The van der Waals surface area contributed by atoms with Gasteiger partial charge in [0.15, 0.2) is 0 Å². The summed E-state index contributed by atoms with van der Waals surface area (Å²) in [5.41, 5.74) is 1.52. The molecule has 2 N–H and O–H groups in total. The molecule has 9 nitrogen and oxygen atoms in total. The summed E-state index contributed by atoms with van der Waals surface area (Å²) in [5, 5.41) is 5.16. The van der Waals surface area contributed by atoms with Gasteiger partial charge in [0.2, 0.25) is 0 Å². The standard InChI is InChI=1S/C19H24FN5O4S/c1-13-4-5-15(11-21-13)22-19(26)23-16-8-14(20)9-18(10-16)29-17-6-7-25(12-17)30(27,28)24(2)3/h4-5,8-11,17H,6-7,12H2,1-3H3,(H2,22,23,26)/t17-/m0/s1. The summed E-state index contributed by atoms with van der Waals surface area (Å²) in [5.74, 6) is -0.382. The van der Waals surface area contributed by atoms with Gasteiger partial charge in [0.05, 0.1) is 18.4 Å². The number of benzene rings is 1. The minimum Gasteiger partial charge on any atom is -0.489 e. The number of amides is 2. The second kappa shape index (κ2) is 8.94. The lowest BCUT2D eigenvalue weighted by Crippen LogP contribution is -2.39. The van der Waals surface area contributed by atoms with E-state index in [0.29, 0.717) is 18.7 Å². The molecule has 1 atom stereocenters. The lowest BCUT2D eigenvalue weighted by Gasteiger charge is -2.21. The molecule has 0 unspecified atom stereocenters. The van der Waals surface area contributed by atoms with Crippen LogP contribution in [0.5, 0.6) is 5.75 Å². The number of hydrogen-bond acceptors (Lipinski definition) is 5.